The average molecular weight is 299 g/mol. The zero-order valence-electron chi connectivity index (χ0n) is 9.69. The van der Waals surface area contributed by atoms with Crippen LogP contribution in [0.25, 0.3) is 6.08 Å². The zero-order chi connectivity index (χ0) is 12.5. The molecule has 0 atom stereocenters. The number of rotatable bonds is 6. The van der Waals surface area contributed by atoms with E-state index in [1.165, 1.54) is 7.11 Å². The Labute approximate surface area is 110 Å². The molecule has 0 heterocycles. The van der Waals surface area contributed by atoms with Crippen LogP contribution in [0.15, 0.2) is 30.3 Å². The summed E-state index contributed by atoms with van der Waals surface area (Å²) in [7, 11) is 1.34. The number of hydrogen-bond acceptors (Lipinski definition) is 3. The zero-order valence-corrected chi connectivity index (χ0v) is 11.3. The molecule has 0 aliphatic heterocycles. The van der Waals surface area contributed by atoms with Gasteiger partial charge < -0.3 is 9.47 Å². The number of allylic oxidation sites excluding steroid dienone is 1. The van der Waals surface area contributed by atoms with Crippen LogP contribution < -0.4 is 4.74 Å². The van der Waals surface area contributed by atoms with Crippen molar-refractivity contribution in [3.05, 3.63) is 35.9 Å². The van der Waals surface area contributed by atoms with Crippen LogP contribution in [0.1, 0.15) is 12.0 Å². The maximum Gasteiger partial charge on any atom is 0.343 e. The van der Waals surface area contributed by atoms with Gasteiger partial charge in [-0.2, -0.15) is 0 Å². The molecule has 0 fully saturated rings. The van der Waals surface area contributed by atoms with Gasteiger partial charge in [0, 0.05) is 5.33 Å². The molecule has 0 bridgehead atoms. The highest BCUT2D eigenvalue weighted by Crippen LogP contribution is 2.13. The van der Waals surface area contributed by atoms with Crippen LogP contribution in [0.5, 0.6) is 5.75 Å². The Morgan fingerprint density at radius 1 is 1.35 bits per heavy atom. The molecule has 0 aliphatic carbocycles. The molecule has 0 aromatic heterocycles. The summed E-state index contributed by atoms with van der Waals surface area (Å²) < 4.78 is 9.71. The normalized spacial score (nSPS) is 10.5. The highest BCUT2D eigenvalue weighted by molar-refractivity contribution is 9.09. The molecule has 0 saturated heterocycles. The molecular weight excluding hydrogens is 284 g/mol. The van der Waals surface area contributed by atoms with Crippen LogP contribution >= 0.6 is 15.9 Å². The standard InChI is InChI=1S/C13H15BrO3/c1-16-13(15)10-17-12-7-5-11(6-8-12)4-2-3-9-14/h2,4-8H,3,9-10H2,1H3. The van der Waals surface area contributed by atoms with Crippen molar-refractivity contribution in [2.24, 2.45) is 0 Å². The molecule has 92 valence electrons. The van der Waals surface area contributed by atoms with E-state index >= 15 is 0 Å². The Balaban J connectivity index is 2.47. The number of alkyl halides is 1. The van der Waals surface area contributed by atoms with Crippen molar-refractivity contribution in [1.82, 2.24) is 0 Å². The van der Waals surface area contributed by atoms with E-state index in [0.717, 1.165) is 17.3 Å². The third-order valence-corrected chi connectivity index (χ3v) is 2.51. The number of methoxy groups -OCH3 is 1. The van der Waals surface area contributed by atoms with Gasteiger partial charge in [-0.3, -0.25) is 0 Å². The van der Waals surface area contributed by atoms with E-state index in [-0.39, 0.29) is 12.6 Å². The molecule has 0 radical (unpaired) electrons. The minimum atomic E-state index is -0.383. The maximum atomic E-state index is 10.9. The van der Waals surface area contributed by atoms with Gasteiger partial charge in [-0.1, -0.05) is 40.2 Å². The molecule has 1 rings (SSSR count). The van der Waals surface area contributed by atoms with E-state index in [9.17, 15) is 4.79 Å². The van der Waals surface area contributed by atoms with Crippen LogP contribution in [-0.4, -0.2) is 25.0 Å². The van der Waals surface area contributed by atoms with Gasteiger partial charge in [0.2, 0.25) is 0 Å². The van der Waals surface area contributed by atoms with Crippen molar-refractivity contribution in [3.63, 3.8) is 0 Å². The van der Waals surface area contributed by atoms with Gasteiger partial charge in [0.05, 0.1) is 7.11 Å². The van der Waals surface area contributed by atoms with Crippen molar-refractivity contribution in [1.29, 1.82) is 0 Å². The molecule has 1 aromatic rings. The molecular formula is C13H15BrO3. The second-order valence-corrected chi connectivity index (χ2v) is 4.11. The summed E-state index contributed by atoms with van der Waals surface area (Å²) in [4.78, 5) is 10.9. The van der Waals surface area contributed by atoms with Crippen molar-refractivity contribution in [3.8, 4) is 5.75 Å². The summed E-state index contributed by atoms with van der Waals surface area (Å²) in [6.07, 6.45) is 5.14. The molecule has 0 spiro atoms. The van der Waals surface area contributed by atoms with Crippen LogP contribution in [0.4, 0.5) is 0 Å². The molecule has 0 saturated carbocycles. The van der Waals surface area contributed by atoms with Crippen molar-refractivity contribution in [2.45, 2.75) is 6.42 Å². The van der Waals surface area contributed by atoms with Crippen LogP contribution in [-0.2, 0) is 9.53 Å². The van der Waals surface area contributed by atoms with Gasteiger partial charge in [-0.05, 0) is 24.1 Å². The van der Waals surface area contributed by atoms with Gasteiger partial charge in [-0.15, -0.1) is 0 Å². The van der Waals surface area contributed by atoms with E-state index < -0.39 is 0 Å². The summed E-state index contributed by atoms with van der Waals surface area (Å²) in [5.41, 5.74) is 1.11. The molecule has 4 heteroatoms. The molecule has 17 heavy (non-hydrogen) atoms. The second-order valence-electron chi connectivity index (χ2n) is 3.31. The molecule has 0 unspecified atom stereocenters. The summed E-state index contributed by atoms with van der Waals surface area (Å²) in [5, 5.41) is 0.962. The second kappa shape index (κ2) is 7.90. The van der Waals surface area contributed by atoms with Gasteiger partial charge in [0.15, 0.2) is 6.61 Å². The Kier molecular flexibility index (Phi) is 6.40. The fourth-order valence-electron chi connectivity index (χ4n) is 1.16. The van der Waals surface area contributed by atoms with Crippen LogP contribution in [0.3, 0.4) is 0 Å². The SMILES string of the molecule is COC(=O)COc1ccc(C=CCCBr)cc1. The number of esters is 1. The summed E-state index contributed by atoms with van der Waals surface area (Å²) >= 11 is 3.36. The van der Waals surface area contributed by atoms with Gasteiger partial charge in [0.25, 0.3) is 0 Å². The van der Waals surface area contributed by atoms with Crippen molar-refractivity contribution in [2.75, 3.05) is 19.0 Å². The van der Waals surface area contributed by atoms with Crippen molar-refractivity contribution >= 4 is 28.0 Å². The Bertz CT molecular complexity index is 371. The lowest BCUT2D eigenvalue weighted by Gasteiger charge is -2.04. The number of benzene rings is 1. The van der Waals surface area contributed by atoms with Gasteiger partial charge in [0.1, 0.15) is 5.75 Å². The van der Waals surface area contributed by atoms with Crippen LogP contribution in [0, 0.1) is 0 Å². The van der Waals surface area contributed by atoms with Gasteiger partial charge >= 0.3 is 5.97 Å². The lowest BCUT2D eigenvalue weighted by Crippen LogP contribution is -2.12. The number of hydrogen-bond donors (Lipinski definition) is 0. The lowest BCUT2D eigenvalue weighted by atomic mass is 10.2. The highest BCUT2D eigenvalue weighted by Gasteiger charge is 2.00. The van der Waals surface area contributed by atoms with E-state index in [1.807, 2.05) is 30.3 Å². The minimum Gasteiger partial charge on any atom is -0.482 e. The number of carbonyl (C=O) groups excluding carboxylic acids is 1. The largest absolute Gasteiger partial charge is 0.482 e. The third-order valence-electron chi connectivity index (χ3n) is 2.05. The molecule has 0 aliphatic rings. The number of ether oxygens (including phenoxy) is 2. The van der Waals surface area contributed by atoms with Gasteiger partial charge in [-0.25, -0.2) is 4.79 Å². The quantitative estimate of drug-likeness (QED) is 0.598. The maximum absolute atomic E-state index is 10.9. The first kappa shape index (κ1) is 13.8. The predicted molar refractivity (Wildman–Crippen MR) is 71.4 cm³/mol. The highest BCUT2D eigenvalue weighted by atomic mass is 79.9. The lowest BCUT2D eigenvalue weighted by molar-refractivity contribution is -0.142. The van der Waals surface area contributed by atoms with E-state index in [0.29, 0.717) is 5.75 Å². The Morgan fingerprint density at radius 2 is 2.06 bits per heavy atom. The summed E-state index contributed by atoms with van der Waals surface area (Å²) in [5.74, 6) is 0.277. The number of carbonyl (C=O) groups is 1. The summed E-state index contributed by atoms with van der Waals surface area (Å²) in [6.45, 7) is -0.0602. The molecule has 0 amide bonds. The Morgan fingerprint density at radius 3 is 2.65 bits per heavy atom. The molecule has 1 aromatic carbocycles. The fourth-order valence-corrected chi connectivity index (χ4v) is 1.42. The average Bonchev–Trinajstić information content (AvgIpc) is 2.37. The summed E-state index contributed by atoms with van der Waals surface area (Å²) in [6, 6.07) is 7.54. The minimum absolute atomic E-state index is 0.0602. The third kappa shape index (κ3) is 5.54. The van der Waals surface area contributed by atoms with E-state index in [4.69, 9.17) is 4.74 Å². The first-order valence-corrected chi connectivity index (χ1v) is 6.40. The molecule has 3 nitrogen and oxygen atoms in total. The topological polar surface area (TPSA) is 35.5 Å². The predicted octanol–water partition coefficient (Wildman–Crippen LogP) is 3.04. The smallest absolute Gasteiger partial charge is 0.343 e. The fraction of sp³-hybridized carbons (Fsp3) is 0.308. The first-order chi connectivity index (χ1) is 8.26. The van der Waals surface area contributed by atoms with E-state index in [2.05, 4.69) is 26.7 Å². The monoisotopic (exact) mass is 298 g/mol. The first-order valence-electron chi connectivity index (χ1n) is 5.28. The van der Waals surface area contributed by atoms with Crippen molar-refractivity contribution < 1.29 is 14.3 Å². The van der Waals surface area contributed by atoms with Crippen LogP contribution in [0.2, 0.25) is 0 Å². The van der Waals surface area contributed by atoms with E-state index in [1.54, 1.807) is 0 Å². The molecule has 0 N–H and O–H groups in total. The number of halogens is 1. The Hall–Kier alpha value is -1.29.